The fraction of sp³-hybridized carbons (Fsp3) is 0.208. The van der Waals surface area contributed by atoms with Gasteiger partial charge in [0.15, 0.2) is 5.60 Å². The molecular weight excluding hydrogens is 664 g/mol. The summed E-state index contributed by atoms with van der Waals surface area (Å²) in [5, 5.41) is 6.63. The van der Waals surface area contributed by atoms with E-state index >= 15 is 0 Å². The molecule has 0 spiro atoms. The minimum atomic E-state index is -4.43. The molecule has 7 aromatic carbocycles. The molecule has 0 N–H and O–H groups in total. The van der Waals surface area contributed by atoms with Crippen molar-refractivity contribution in [1.82, 2.24) is 0 Å². The average Bonchev–Trinajstić information content (AvgIpc) is 3.43. The lowest BCUT2D eigenvalue weighted by atomic mass is 9.76. The number of fused-ring (bicyclic) bond motifs is 11. The van der Waals surface area contributed by atoms with Gasteiger partial charge in [-0.15, -0.1) is 0 Å². The molecule has 5 heteroatoms. The van der Waals surface area contributed by atoms with Crippen molar-refractivity contribution in [3.8, 4) is 16.9 Å². The Morgan fingerprint density at radius 2 is 1.32 bits per heavy atom. The molecule has 2 heterocycles. The minimum absolute atomic E-state index is 0.627. The molecule has 1 aliphatic carbocycles. The first-order valence-electron chi connectivity index (χ1n) is 18.6. The van der Waals surface area contributed by atoms with Gasteiger partial charge in [0.1, 0.15) is 5.75 Å². The van der Waals surface area contributed by atoms with Gasteiger partial charge in [0.25, 0.3) is 0 Å². The van der Waals surface area contributed by atoms with Crippen molar-refractivity contribution in [2.45, 2.75) is 50.3 Å². The van der Waals surface area contributed by atoms with Crippen molar-refractivity contribution in [1.29, 1.82) is 0 Å². The Labute approximate surface area is 307 Å². The number of piperidine rings is 1. The quantitative estimate of drug-likeness (QED) is 0.170. The van der Waals surface area contributed by atoms with Gasteiger partial charge in [-0.2, -0.15) is 13.2 Å². The Morgan fingerprint density at radius 1 is 0.642 bits per heavy atom. The molecule has 1 saturated heterocycles. The van der Waals surface area contributed by atoms with Crippen LogP contribution in [0.4, 0.5) is 18.9 Å². The van der Waals surface area contributed by atoms with Crippen LogP contribution in [0.3, 0.4) is 0 Å². The van der Waals surface area contributed by atoms with E-state index in [1.807, 2.05) is 26.0 Å². The zero-order chi connectivity index (χ0) is 36.1. The lowest BCUT2D eigenvalue weighted by Crippen LogP contribution is -2.35. The van der Waals surface area contributed by atoms with Gasteiger partial charge < -0.3 is 9.64 Å². The maximum Gasteiger partial charge on any atom is 0.416 e. The predicted octanol–water partition coefficient (Wildman–Crippen LogP) is 12.8. The Balaban J connectivity index is 1.20. The molecule has 1 atom stereocenters. The van der Waals surface area contributed by atoms with E-state index in [0.29, 0.717) is 5.56 Å². The van der Waals surface area contributed by atoms with Gasteiger partial charge >= 0.3 is 6.18 Å². The number of halogens is 3. The van der Waals surface area contributed by atoms with Crippen LogP contribution in [0.2, 0.25) is 0 Å². The molecule has 2 nitrogen and oxygen atoms in total. The Kier molecular flexibility index (Phi) is 6.95. The summed E-state index contributed by atoms with van der Waals surface area (Å²) in [6.07, 6.45) is 3.59. The summed E-state index contributed by atoms with van der Waals surface area (Å²) in [7, 11) is 0. The highest BCUT2D eigenvalue weighted by Crippen LogP contribution is 2.58. The topological polar surface area (TPSA) is 12.5 Å². The molecule has 0 amide bonds. The molecule has 1 fully saturated rings. The third kappa shape index (κ3) is 4.79. The summed E-state index contributed by atoms with van der Waals surface area (Å²) >= 11 is 0. The zero-order valence-corrected chi connectivity index (χ0v) is 29.7. The summed E-state index contributed by atoms with van der Waals surface area (Å²) < 4.78 is 49.7. The van der Waals surface area contributed by atoms with Crippen molar-refractivity contribution in [2.75, 3.05) is 18.0 Å². The molecular formula is C48H38F3NO. The number of hydrogen-bond donors (Lipinski definition) is 0. The summed E-state index contributed by atoms with van der Waals surface area (Å²) in [4.78, 5) is 2.47. The fourth-order valence-electron chi connectivity index (χ4n) is 9.40. The van der Waals surface area contributed by atoms with E-state index in [2.05, 4.69) is 108 Å². The number of nitrogens with zero attached hydrogens (tertiary/aromatic N) is 1. The smallest absolute Gasteiger partial charge is 0.416 e. The molecule has 3 aliphatic rings. The van der Waals surface area contributed by atoms with Crippen molar-refractivity contribution in [2.24, 2.45) is 0 Å². The van der Waals surface area contributed by atoms with E-state index in [1.165, 1.54) is 53.2 Å². The Morgan fingerprint density at radius 3 is 2.09 bits per heavy atom. The van der Waals surface area contributed by atoms with Gasteiger partial charge in [-0.25, -0.2) is 0 Å². The highest BCUT2D eigenvalue weighted by atomic mass is 19.4. The van der Waals surface area contributed by atoms with Crippen LogP contribution in [0.15, 0.2) is 127 Å². The molecule has 1 unspecified atom stereocenters. The Hall–Kier alpha value is -5.55. The SMILES string of the molecule is CC1(C)c2cc(C(F)(F)F)ccc2-c2c1c1c(c3ccccc23)OC(c2ccc(N3CCCCC3)cc2)(c2ccc3c(ccc4ccccc43)c2)C=C1. The molecule has 2 aliphatic heterocycles. The highest BCUT2D eigenvalue weighted by molar-refractivity contribution is 6.09. The van der Waals surface area contributed by atoms with E-state index in [-0.39, 0.29) is 0 Å². The van der Waals surface area contributed by atoms with Crippen LogP contribution in [0.1, 0.15) is 66.5 Å². The first-order valence-corrected chi connectivity index (χ1v) is 18.6. The normalized spacial score (nSPS) is 18.9. The first kappa shape index (κ1) is 32.1. The summed E-state index contributed by atoms with van der Waals surface area (Å²) in [6.45, 7) is 6.20. The molecule has 0 bridgehead atoms. The second-order valence-corrected chi connectivity index (χ2v) is 15.4. The van der Waals surface area contributed by atoms with E-state index in [1.54, 1.807) is 6.07 Å². The van der Waals surface area contributed by atoms with E-state index in [4.69, 9.17) is 4.74 Å². The third-order valence-electron chi connectivity index (χ3n) is 12.1. The molecule has 7 aromatic rings. The lowest BCUT2D eigenvalue weighted by molar-refractivity contribution is -0.137. The van der Waals surface area contributed by atoms with Crippen LogP contribution < -0.4 is 9.64 Å². The second kappa shape index (κ2) is 11.5. The number of anilines is 1. The maximum absolute atomic E-state index is 14.0. The van der Waals surface area contributed by atoms with E-state index in [9.17, 15) is 13.2 Å². The van der Waals surface area contributed by atoms with Gasteiger partial charge in [-0.3, -0.25) is 0 Å². The summed E-state index contributed by atoms with van der Waals surface area (Å²) in [6, 6.07) is 40.7. The largest absolute Gasteiger partial charge is 0.472 e. The molecule has 10 rings (SSSR count). The molecule has 53 heavy (non-hydrogen) atoms. The molecule has 262 valence electrons. The van der Waals surface area contributed by atoms with Crippen LogP contribution >= 0.6 is 0 Å². The average molecular weight is 702 g/mol. The van der Waals surface area contributed by atoms with Crippen molar-refractivity contribution >= 4 is 44.1 Å². The number of hydrogen-bond acceptors (Lipinski definition) is 2. The lowest BCUT2D eigenvalue weighted by Gasteiger charge is -2.39. The minimum Gasteiger partial charge on any atom is -0.472 e. The van der Waals surface area contributed by atoms with Crippen LogP contribution in [0.5, 0.6) is 5.75 Å². The van der Waals surface area contributed by atoms with Gasteiger partial charge in [0.2, 0.25) is 0 Å². The summed E-state index contributed by atoms with van der Waals surface area (Å²) in [5.41, 5.74) is 5.37. The monoisotopic (exact) mass is 701 g/mol. The number of alkyl halides is 3. The van der Waals surface area contributed by atoms with Crippen LogP contribution in [-0.2, 0) is 17.2 Å². The van der Waals surface area contributed by atoms with Gasteiger partial charge in [0, 0.05) is 46.3 Å². The maximum atomic E-state index is 14.0. The van der Waals surface area contributed by atoms with E-state index in [0.717, 1.165) is 68.4 Å². The fourth-order valence-corrected chi connectivity index (χ4v) is 9.40. The van der Waals surface area contributed by atoms with Crippen LogP contribution in [0, 0.1) is 0 Å². The summed E-state index contributed by atoms with van der Waals surface area (Å²) in [5.74, 6) is 0.748. The molecule has 0 aromatic heterocycles. The van der Waals surface area contributed by atoms with Crippen molar-refractivity contribution in [3.63, 3.8) is 0 Å². The van der Waals surface area contributed by atoms with Crippen LogP contribution in [0.25, 0.3) is 49.5 Å². The molecule has 0 radical (unpaired) electrons. The standard InChI is InChI=1S/C48H38F3NO/c1-46(2)42-29-34(48(49,50)51)19-23-40(42)43-38-12-6-7-13-39(38)45-41(44(43)46)24-25-47(53-45,32-16-20-35(21-17-32)52-26-8-3-9-27-52)33-18-22-37-31(28-33)15-14-30-10-4-5-11-36(30)37/h4-7,10-25,28-29H,3,8-9,26-27H2,1-2H3. The second-order valence-electron chi connectivity index (χ2n) is 15.4. The number of rotatable bonds is 3. The third-order valence-corrected chi connectivity index (χ3v) is 12.1. The predicted molar refractivity (Wildman–Crippen MR) is 211 cm³/mol. The van der Waals surface area contributed by atoms with Gasteiger partial charge in [-0.05, 0) is 105 Å². The molecule has 0 saturated carbocycles. The van der Waals surface area contributed by atoms with Crippen molar-refractivity contribution in [3.05, 3.63) is 161 Å². The first-order chi connectivity index (χ1) is 25.6. The van der Waals surface area contributed by atoms with Gasteiger partial charge in [0.05, 0.1) is 5.56 Å². The number of benzene rings is 7. The highest BCUT2D eigenvalue weighted by Gasteiger charge is 2.45. The number of ether oxygens (including phenoxy) is 1. The van der Waals surface area contributed by atoms with E-state index < -0.39 is 22.8 Å². The van der Waals surface area contributed by atoms with Crippen molar-refractivity contribution < 1.29 is 17.9 Å². The zero-order valence-electron chi connectivity index (χ0n) is 29.7. The van der Waals surface area contributed by atoms with Gasteiger partial charge in [-0.1, -0.05) is 111 Å². The Bertz CT molecular complexity index is 2650. The van der Waals surface area contributed by atoms with Crippen LogP contribution in [-0.4, -0.2) is 13.1 Å².